The number of methoxy groups -OCH3 is 1. The Labute approximate surface area is 276 Å². The van der Waals surface area contributed by atoms with Crippen LogP contribution >= 0.6 is 0 Å². The number of aliphatic carboxylic acids is 1. The highest BCUT2D eigenvalue weighted by Gasteiger charge is 2.72. The number of allylic oxidation sites excluding steroid dienone is 1. The second-order valence-electron chi connectivity index (χ2n) is 17.2. The van der Waals surface area contributed by atoms with Crippen molar-refractivity contribution in [3.05, 3.63) is 42.0 Å². The van der Waals surface area contributed by atoms with Gasteiger partial charge in [0.25, 0.3) is 0 Å². The minimum Gasteiger partial charge on any atom is -0.504 e. The van der Waals surface area contributed by atoms with Crippen molar-refractivity contribution >= 4 is 18.0 Å². The fourth-order valence-electron chi connectivity index (χ4n) is 12.8. The Morgan fingerprint density at radius 1 is 0.913 bits per heavy atom. The normalized spacial score (nSPS) is 42.7. The van der Waals surface area contributed by atoms with Crippen molar-refractivity contribution in [3.63, 3.8) is 0 Å². The van der Waals surface area contributed by atoms with Gasteiger partial charge in [0.2, 0.25) is 0 Å². The first-order valence-corrected chi connectivity index (χ1v) is 17.7. The lowest BCUT2D eigenvalue weighted by molar-refractivity contribution is -0.250. The molecule has 252 valence electrons. The minimum absolute atomic E-state index is 0.0618. The van der Waals surface area contributed by atoms with E-state index >= 15 is 0 Å². The van der Waals surface area contributed by atoms with Gasteiger partial charge in [-0.25, -0.2) is 4.79 Å². The molecule has 6 rings (SSSR count). The molecule has 0 heterocycles. The molecule has 1 aromatic rings. The maximum Gasteiger partial charge on any atom is 0.331 e. The van der Waals surface area contributed by atoms with Crippen molar-refractivity contribution < 1.29 is 29.3 Å². The number of ether oxygens (including phenoxy) is 2. The Bertz CT molecular complexity index is 1440. The van der Waals surface area contributed by atoms with Crippen molar-refractivity contribution in [2.24, 2.45) is 56.7 Å². The van der Waals surface area contributed by atoms with E-state index in [2.05, 4.69) is 48.1 Å². The summed E-state index contributed by atoms with van der Waals surface area (Å²) in [6.45, 7) is 18.8. The molecule has 5 fully saturated rings. The average molecular weight is 633 g/mol. The number of hydrogen-bond acceptors (Lipinski definition) is 5. The summed E-state index contributed by atoms with van der Waals surface area (Å²) in [6, 6.07) is 5.00. The van der Waals surface area contributed by atoms with Crippen LogP contribution in [0.25, 0.3) is 6.08 Å². The summed E-state index contributed by atoms with van der Waals surface area (Å²) in [6.07, 6.45) is 13.0. The van der Waals surface area contributed by atoms with E-state index in [9.17, 15) is 19.8 Å². The molecule has 0 radical (unpaired) electrons. The number of benzene rings is 1. The van der Waals surface area contributed by atoms with Gasteiger partial charge in [-0.05, 0) is 141 Å². The van der Waals surface area contributed by atoms with E-state index in [0.717, 1.165) is 69.8 Å². The van der Waals surface area contributed by atoms with Crippen molar-refractivity contribution in [1.82, 2.24) is 0 Å². The number of fused-ring (bicyclic) bond motifs is 7. The summed E-state index contributed by atoms with van der Waals surface area (Å²) in [7, 11) is 1.50. The van der Waals surface area contributed by atoms with E-state index in [1.54, 1.807) is 24.3 Å². The van der Waals surface area contributed by atoms with Gasteiger partial charge in [0.05, 0.1) is 12.5 Å². The Morgan fingerprint density at radius 2 is 1.65 bits per heavy atom. The van der Waals surface area contributed by atoms with E-state index in [4.69, 9.17) is 9.47 Å². The maximum atomic E-state index is 13.1. The van der Waals surface area contributed by atoms with Crippen LogP contribution in [0.4, 0.5) is 0 Å². The van der Waals surface area contributed by atoms with E-state index < -0.39 is 11.4 Å². The summed E-state index contributed by atoms with van der Waals surface area (Å²) in [5, 5.41) is 20.5. The first kappa shape index (κ1) is 33.2. The number of esters is 1. The third-order valence-corrected chi connectivity index (χ3v) is 15.3. The molecule has 6 heteroatoms. The number of carbonyl (C=O) groups is 2. The van der Waals surface area contributed by atoms with Crippen LogP contribution in [0.15, 0.2) is 36.4 Å². The van der Waals surface area contributed by atoms with E-state index in [1.807, 2.05) is 0 Å². The summed E-state index contributed by atoms with van der Waals surface area (Å²) in [5.41, 5.74) is 1.54. The SMILES string of the molecule is C=C(C)C1CC[C@]2(C(=O)O)CC[C@]3(C)C(CCC4[C@@]5(C)CC[C@H](OC(=O)/C=C/c6ccc(O)c(OC)c6)C(C)(C)C5CC[C@]43C)C12. The fourth-order valence-corrected chi connectivity index (χ4v) is 12.8. The summed E-state index contributed by atoms with van der Waals surface area (Å²) in [4.78, 5) is 26.1. The van der Waals surface area contributed by atoms with Crippen LogP contribution in [-0.4, -0.2) is 35.4 Å². The largest absolute Gasteiger partial charge is 0.504 e. The Balaban J connectivity index is 1.23. The van der Waals surface area contributed by atoms with Crippen LogP contribution in [0.5, 0.6) is 11.5 Å². The lowest BCUT2D eigenvalue weighted by Gasteiger charge is -2.72. The summed E-state index contributed by atoms with van der Waals surface area (Å²) >= 11 is 0. The Morgan fingerprint density at radius 3 is 2.33 bits per heavy atom. The van der Waals surface area contributed by atoms with Gasteiger partial charge < -0.3 is 19.7 Å². The van der Waals surface area contributed by atoms with E-state index in [1.165, 1.54) is 18.8 Å². The molecule has 5 saturated carbocycles. The zero-order valence-electron chi connectivity index (χ0n) is 29.2. The third-order valence-electron chi connectivity index (χ3n) is 15.3. The fraction of sp³-hybridized carbons (Fsp3) is 0.700. The molecule has 0 aliphatic heterocycles. The first-order valence-electron chi connectivity index (χ1n) is 17.7. The van der Waals surface area contributed by atoms with Gasteiger partial charge in [0.15, 0.2) is 11.5 Å². The molecular formula is C40H56O6. The van der Waals surface area contributed by atoms with Gasteiger partial charge in [-0.3, -0.25) is 4.79 Å². The molecule has 0 amide bonds. The number of carboxylic acid groups (broad SMARTS) is 1. The smallest absolute Gasteiger partial charge is 0.331 e. The third kappa shape index (κ3) is 4.62. The molecule has 0 saturated heterocycles. The summed E-state index contributed by atoms with van der Waals surface area (Å²) < 4.78 is 11.4. The quantitative estimate of drug-likeness (QED) is 0.185. The average Bonchev–Trinajstić information content (AvgIpc) is 3.40. The standard InChI is InChI=1S/C40H56O6/c1-24(2)26-15-20-40(35(43)44)22-21-38(6)27(34(26)40)11-13-31-37(5)18-17-32(36(3,4)30(37)16-19-39(31,38)7)46-33(42)14-10-25-9-12-28(41)29(23-25)45-8/h9-10,12,14,23,26-27,30-32,34,41H,1,11,13,15-22H2,2-8H3,(H,43,44)/b14-10+/t26?,27?,30?,31?,32-,34?,37-,38+,39+,40-/m0/s1. The molecular weight excluding hydrogens is 576 g/mol. The zero-order chi connectivity index (χ0) is 33.4. The predicted molar refractivity (Wildman–Crippen MR) is 180 cm³/mol. The van der Waals surface area contributed by atoms with Crippen LogP contribution in [0.3, 0.4) is 0 Å². The van der Waals surface area contributed by atoms with Crippen molar-refractivity contribution in [2.75, 3.05) is 7.11 Å². The number of hydrogen-bond donors (Lipinski definition) is 2. The van der Waals surface area contributed by atoms with Crippen LogP contribution < -0.4 is 4.74 Å². The molecule has 0 spiro atoms. The number of rotatable bonds is 6. The van der Waals surface area contributed by atoms with Crippen molar-refractivity contribution in [1.29, 1.82) is 0 Å². The van der Waals surface area contributed by atoms with E-state index in [-0.39, 0.29) is 45.4 Å². The number of phenols is 1. The molecule has 46 heavy (non-hydrogen) atoms. The highest BCUT2D eigenvalue weighted by molar-refractivity contribution is 5.87. The number of aromatic hydroxyl groups is 1. The lowest BCUT2D eigenvalue weighted by Crippen LogP contribution is -2.67. The highest BCUT2D eigenvalue weighted by Crippen LogP contribution is 2.77. The van der Waals surface area contributed by atoms with Crippen LogP contribution in [0, 0.1) is 56.7 Å². The first-order chi connectivity index (χ1) is 21.5. The molecule has 0 bridgehead atoms. The van der Waals surface area contributed by atoms with Gasteiger partial charge >= 0.3 is 11.9 Å². The highest BCUT2D eigenvalue weighted by atomic mass is 16.5. The van der Waals surface area contributed by atoms with E-state index in [0.29, 0.717) is 29.4 Å². The topological polar surface area (TPSA) is 93.1 Å². The molecule has 5 unspecified atom stereocenters. The zero-order valence-corrected chi connectivity index (χ0v) is 29.2. The van der Waals surface area contributed by atoms with Gasteiger partial charge in [-0.1, -0.05) is 52.8 Å². The van der Waals surface area contributed by atoms with Crippen LogP contribution in [0.2, 0.25) is 0 Å². The lowest BCUT2D eigenvalue weighted by atomic mass is 9.32. The molecule has 5 aliphatic carbocycles. The maximum absolute atomic E-state index is 13.1. The second kappa shape index (κ2) is 11.2. The predicted octanol–water partition coefficient (Wildman–Crippen LogP) is 9.07. The van der Waals surface area contributed by atoms with Gasteiger partial charge in [0, 0.05) is 11.5 Å². The number of carbonyl (C=O) groups excluding carboxylic acids is 1. The van der Waals surface area contributed by atoms with Gasteiger partial charge in [0.1, 0.15) is 6.10 Å². The van der Waals surface area contributed by atoms with Crippen LogP contribution in [-0.2, 0) is 14.3 Å². The number of phenolic OH excluding ortho intramolecular Hbond substituents is 1. The second-order valence-corrected chi connectivity index (χ2v) is 17.2. The van der Waals surface area contributed by atoms with Crippen molar-refractivity contribution in [3.8, 4) is 11.5 Å². The molecule has 1 aromatic carbocycles. The van der Waals surface area contributed by atoms with Gasteiger partial charge in [-0.2, -0.15) is 0 Å². The van der Waals surface area contributed by atoms with Gasteiger partial charge in [-0.15, -0.1) is 0 Å². The molecule has 10 atom stereocenters. The monoisotopic (exact) mass is 632 g/mol. The molecule has 0 aromatic heterocycles. The number of carboxylic acids is 1. The summed E-state index contributed by atoms with van der Waals surface area (Å²) in [5.74, 6) is 1.42. The minimum atomic E-state index is -0.592. The Hall–Kier alpha value is -2.76. The molecule has 6 nitrogen and oxygen atoms in total. The molecule has 2 N–H and O–H groups in total. The Kier molecular flexibility index (Phi) is 8.04. The van der Waals surface area contributed by atoms with Crippen molar-refractivity contribution in [2.45, 2.75) is 112 Å². The molecule has 5 aliphatic rings. The van der Waals surface area contributed by atoms with Crippen LogP contribution in [0.1, 0.15) is 111 Å².